The molecule has 4 aromatic rings. The second-order valence-electron chi connectivity index (χ2n) is 9.81. The maximum absolute atomic E-state index is 14.8. The number of ether oxygens (including phenoxy) is 2. The Hall–Kier alpha value is -4.15. The van der Waals surface area contributed by atoms with E-state index < -0.39 is 28.8 Å². The number of carbonyl (C=O) groups excluding carboxylic acids is 1. The second kappa shape index (κ2) is 12.8. The molecule has 0 bridgehead atoms. The van der Waals surface area contributed by atoms with Crippen LogP contribution in [-0.2, 0) is 21.6 Å². The van der Waals surface area contributed by atoms with Crippen LogP contribution in [0.15, 0.2) is 79.4 Å². The van der Waals surface area contributed by atoms with Crippen molar-refractivity contribution in [3.05, 3.63) is 113 Å². The van der Waals surface area contributed by atoms with Crippen LogP contribution in [0.1, 0.15) is 40.3 Å². The quantitative estimate of drug-likeness (QED) is 0.285. The molecule has 2 atom stereocenters. The predicted octanol–water partition coefficient (Wildman–Crippen LogP) is 4.80. The molecule has 2 N–H and O–H groups in total. The first-order valence-electron chi connectivity index (χ1n) is 13.1. The van der Waals surface area contributed by atoms with Gasteiger partial charge in [-0.2, -0.15) is 10.4 Å². The third-order valence-corrected chi connectivity index (χ3v) is 8.38. The Morgan fingerprint density at radius 2 is 1.88 bits per heavy atom. The molecule has 1 aliphatic heterocycles. The Balaban J connectivity index is 1.19. The molecule has 1 aliphatic rings. The lowest BCUT2D eigenvalue weighted by molar-refractivity contribution is -0.180. The summed E-state index contributed by atoms with van der Waals surface area (Å²) >= 11 is 1.37. The molecule has 3 aromatic carbocycles. The van der Waals surface area contributed by atoms with Gasteiger partial charge in [0.15, 0.2) is 6.29 Å². The SMILES string of the molecule is C[C@@H](SC1COC(c2ccc(C(=O)Nc3ccc(C#N)cc3)cc2)OC1)[C@](O)(Cn1cncn1)c1ccc(F)cc1F. The van der Waals surface area contributed by atoms with Gasteiger partial charge in [-0.25, -0.2) is 18.4 Å². The molecule has 1 fully saturated rings. The van der Waals surface area contributed by atoms with Crippen molar-refractivity contribution in [2.45, 2.75) is 35.9 Å². The Kier molecular flexibility index (Phi) is 8.94. The summed E-state index contributed by atoms with van der Waals surface area (Å²) in [6, 6.07) is 18.6. The average Bonchev–Trinajstić information content (AvgIpc) is 3.50. The van der Waals surface area contributed by atoms with Gasteiger partial charge in [0.2, 0.25) is 0 Å². The predicted molar refractivity (Wildman–Crippen MR) is 151 cm³/mol. The van der Waals surface area contributed by atoms with Crippen molar-refractivity contribution in [2.75, 3.05) is 18.5 Å². The number of carbonyl (C=O) groups is 1. The van der Waals surface area contributed by atoms with Crippen molar-refractivity contribution in [3.63, 3.8) is 0 Å². The van der Waals surface area contributed by atoms with Gasteiger partial charge in [-0.3, -0.25) is 4.79 Å². The Morgan fingerprint density at radius 3 is 2.50 bits per heavy atom. The van der Waals surface area contributed by atoms with Crippen molar-refractivity contribution in [1.29, 1.82) is 5.26 Å². The first-order chi connectivity index (χ1) is 20.2. The fraction of sp³-hybridized carbons (Fsp3) is 0.267. The van der Waals surface area contributed by atoms with Gasteiger partial charge in [-0.1, -0.05) is 25.1 Å². The van der Waals surface area contributed by atoms with Gasteiger partial charge in [0.1, 0.15) is 29.9 Å². The molecule has 2 heterocycles. The van der Waals surface area contributed by atoms with Crippen molar-refractivity contribution < 1.29 is 28.2 Å². The molecule has 12 heteroatoms. The highest BCUT2D eigenvalue weighted by atomic mass is 32.2. The number of rotatable bonds is 9. The Bertz CT molecular complexity index is 1560. The van der Waals surface area contributed by atoms with E-state index in [9.17, 15) is 18.7 Å². The van der Waals surface area contributed by atoms with Crippen molar-refractivity contribution in [2.24, 2.45) is 0 Å². The number of aromatic nitrogens is 3. The van der Waals surface area contributed by atoms with E-state index in [0.29, 0.717) is 30.0 Å². The monoisotopic (exact) mass is 591 g/mol. The third kappa shape index (κ3) is 6.66. The Labute approximate surface area is 245 Å². The van der Waals surface area contributed by atoms with Crippen LogP contribution >= 0.6 is 11.8 Å². The number of benzene rings is 3. The molecule has 1 amide bonds. The molecule has 0 unspecified atom stereocenters. The van der Waals surface area contributed by atoms with E-state index in [4.69, 9.17) is 14.7 Å². The maximum atomic E-state index is 14.8. The highest BCUT2D eigenvalue weighted by Gasteiger charge is 2.41. The number of aliphatic hydroxyl groups is 1. The number of halogens is 2. The first-order valence-corrected chi connectivity index (χ1v) is 14.0. The number of hydrogen-bond acceptors (Lipinski definition) is 8. The zero-order valence-corrected chi connectivity index (χ0v) is 23.3. The molecule has 0 saturated carbocycles. The van der Waals surface area contributed by atoms with Gasteiger partial charge in [-0.15, -0.1) is 11.8 Å². The fourth-order valence-corrected chi connectivity index (χ4v) is 5.93. The van der Waals surface area contributed by atoms with E-state index in [2.05, 4.69) is 15.4 Å². The highest BCUT2D eigenvalue weighted by Crippen LogP contribution is 2.39. The summed E-state index contributed by atoms with van der Waals surface area (Å²) in [7, 11) is 0. The van der Waals surface area contributed by atoms with Crippen LogP contribution in [0.4, 0.5) is 14.5 Å². The minimum absolute atomic E-state index is 0.0433. The van der Waals surface area contributed by atoms with E-state index in [1.807, 2.05) is 6.07 Å². The standard InChI is InChI=1S/C30H27F2N5O4S/c1-19(30(39,16-37-18-34-17-35-37)26-11-8-23(31)12-27(26)32)42-25-14-40-29(41-15-25)22-6-4-21(5-7-22)28(38)36-24-9-2-20(13-33)3-10-24/h2-12,17-19,25,29,39H,14-16H2,1H3,(H,36,38)/t19-,25?,29?,30-/m1/s1. The number of amides is 1. The number of nitrogens with one attached hydrogen (secondary N) is 1. The van der Waals surface area contributed by atoms with Crippen molar-refractivity contribution >= 4 is 23.4 Å². The van der Waals surface area contributed by atoms with Crippen LogP contribution in [-0.4, -0.2) is 49.5 Å². The molecular weight excluding hydrogens is 564 g/mol. The van der Waals surface area contributed by atoms with Gasteiger partial charge in [0, 0.05) is 33.7 Å². The van der Waals surface area contributed by atoms with Crippen LogP contribution in [0.25, 0.3) is 0 Å². The van der Waals surface area contributed by atoms with Gasteiger partial charge >= 0.3 is 0 Å². The number of hydrogen-bond donors (Lipinski definition) is 2. The fourth-order valence-electron chi connectivity index (χ4n) is 4.62. The summed E-state index contributed by atoms with van der Waals surface area (Å²) in [5.74, 6) is -1.88. The second-order valence-corrected chi connectivity index (χ2v) is 11.5. The zero-order valence-electron chi connectivity index (χ0n) is 22.5. The molecule has 0 radical (unpaired) electrons. The van der Waals surface area contributed by atoms with E-state index in [-0.39, 0.29) is 23.3 Å². The summed E-state index contributed by atoms with van der Waals surface area (Å²) in [6.07, 6.45) is 2.09. The lowest BCUT2D eigenvalue weighted by Crippen LogP contribution is -2.43. The summed E-state index contributed by atoms with van der Waals surface area (Å²) in [5, 5.41) is 26.7. The summed E-state index contributed by atoms with van der Waals surface area (Å²) < 4.78 is 41.8. The van der Waals surface area contributed by atoms with Gasteiger partial charge in [0.05, 0.1) is 36.6 Å². The van der Waals surface area contributed by atoms with Crippen LogP contribution in [0.3, 0.4) is 0 Å². The first kappa shape index (κ1) is 29.3. The number of thioether (sulfide) groups is 1. The molecule has 216 valence electrons. The number of nitrogens with zero attached hydrogens (tertiary/aromatic N) is 4. The molecule has 9 nitrogen and oxygen atoms in total. The molecule has 0 spiro atoms. The van der Waals surface area contributed by atoms with Gasteiger partial charge in [-0.05, 0) is 42.5 Å². The van der Waals surface area contributed by atoms with Crippen molar-refractivity contribution in [1.82, 2.24) is 14.8 Å². The van der Waals surface area contributed by atoms with Gasteiger partial charge < -0.3 is 19.9 Å². The van der Waals surface area contributed by atoms with E-state index in [0.717, 1.165) is 17.7 Å². The third-order valence-electron chi connectivity index (χ3n) is 6.92. The van der Waals surface area contributed by atoms with Crippen LogP contribution in [0.5, 0.6) is 0 Å². The normalized spacial score (nSPS) is 18.9. The minimum atomic E-state index is -1.73. The van der Waals surface area contributed by atoms with Crippen LogP contribution < -0.4 is 5.32 Å². The molecule has 42 heavy (non-hydrogen) atoms. The topological polar surface area (TPSA) is 122 Å². The summed E-state index contributed by atoms with van der Waals surface area (Å²) in [4.78, 5) is 16.5. The zero-order chi connectivity index (χ0) is 29.7. The number of nitriles is 1. The molecule has 5 rings (SSSR count). The molecule has 1 saturated heterocycles. The largest absolute Gasteiger partial charge is 0.382 e. The van der Waals surface area contributed by atoms with Crippen molar-refractivity contribution in [3.8, 4) is 6.07 Å². The van der Waals surface area contributed by atoms with E-state index >= 15 is 0 Å². The van der Waals surface area contributed by atoms with Gasteiger partial charge in [0.25, 0.3) is 5.91 Å². The average molecular weight is 592 g/mol. The summed E-state index contributed by atoms with van der Waals surface area (Å²) in [6.45, 7) is 2.27. The smallest absolute Gasteiger partial charge is 0.255 e. The lowest BCUT2D eigenvalue weighted by atomic mass is 9.90. The highest BCUT2D eigenvalue weighted by molar-refractivity contribution is 8.00. The lowest BCUT2D eigenvalue weighted by Gasteiger charge is -2.37. The number of anilines is 1. The molecule has 1 aromatic heterocycles. The van der Waals surface area contributed by atoms with Crippen LogP contribution in [0, 0.1) is 23.0 Å². The molecular formula is C30H27F2N5O4S. The van der Waals surface area contributed by atoms with E-state index in [1.54, 1.807) is 55.5 Å². The summed E-state index contributed by atoms with van der Waals surface area (Å²) in [5.41, 5.74) is 0.483. The maximum Gasteiger partial charge on any atom is 0.255 e. The minimum Gasteiger partial charge on any atom is -0.382 e. The Morgan fingerprint density at radius 1 is 1.17 bits per heavy atom. The van der Waals surface area contributed by atoms with E-state index in [1.165, 1.54) is 35.2 Å². The van der Waals surface area contributed by atoms with Crippen LogP contribution in [0.2, 0.25) is 0 Å². The molecule has 0 aliphatic carbocycles.